The van der Waals surface area contributed by atoms with Gasteiger partial charge in [-0.2, -0.15) is 4.98 Å². The normalized spacial score (nSPS) is 10.9. The average molecular weight is 279 g/mol. The number of aromatic amines is 1. The van der Waals surface area contributed by atoms with E-state index >= 15 is 0 Å². The lowest BCUT2D eigenvalue weighted by Gasteiger charge is -2.02. The van der Waals surface area contributed by atoms with Crippen LogP contribution in [-0.2, 0) is 6.42 Å². The first-order valence-electron chi connectivity index (χ1n) is 6.09. The Hall–Kier alpha value is -1.89. The number of nitrogen functional groups attached to an aromatic ring is 1. The molecule has 0 aromatic carbocycles. The van der Waals surface area contributed by atoms with Gasteiger partial charge in [-0.3, -0.25) is 9.89 Å². The number of hydrogen-bond donors (Lipinski definition) is 3. The molecule has 6 nitrogen and oxygen atoms in total. The molecule has 0 saturated heterocycles. The number of nitrogens with one attached hydrogen (secondary N) is 2. The van der Waals surface area contributed by atoms with Crippen LogP contribution in [0.15, 0.2) is 11.4 Å². The third kappa shape index (κ3) is 3.54. The zero-order valence-corrected chi connectivity index (χ0v) is 11.8. The summed E-state index contributed by atoms with van der Waals surface area (Å²) in [6.07, 6.45) is 0.580. The number of aromatic nitrogens is 3. The first kappa shape index (κ1) is 13.5. The molecule has 2 rings (SSSR count). The van der Waals surface area contributed by atoms with Crippen LogP contribution in [0.1, 0.15) is 40.8 Å². The van der Waals surface area contributed by atoms with Gasteiger partial charge in [0.2, 0.25) is 5.95 Å². The molecule has 0 atom stereocenters. The van der Waals surface area contributed by atoms with E-state index in [2.05, 4.69) is 34.3 Å². The molecule has 0 radical (unpaired) electrons. The van der Waals surface area contributed by atoms with Crippen LogP contribution in [0.3, 0.4) is 0 Å². The molecular formula is C12H17N5OS. The van der Waals surface area contributed by atoms with E-state index in [4.69, 9.17) is 5.73 Å². The van der Waals surface area contributed by atoms with Gasteiger partial charge in [0.15, 0.2) is 0 Å². The first-order chi connectivity index (χ1) is 9.06. The van der Waals surface area contributed by atoms with Crippen LogP contribution < -0.4 is 11.1 Å². The molecular weight excluding hydrogens is 262 g/mol. The van der Waals surface area contributed by atoms with Crippen molar-refractivity contribution in [2.24, 2.45) is 0 Å². The lowest BCUT2D eigenvalue weighted by molar-refractivity contribution is 0.0954. The number of thiophene rings is 1. The molecule has 0 aliphatic heterocycles. The Kier molecular flexibility index (Phi) is 4.16. The predicted molar refractivity (Wildman–Crippen MR) is 75.2 cm³/mol. The quantitative estimate of drug-likeness (QED) is 0.773. The summed E-state index contributed by atoms with van der Waals surface area (Å²) in [6.45, 7) is 4.73. The SMILES string of the molecule is CC(C)c1cc(C(=O)NCCc2nc(N)n[nH]2)cs1. The molecule has 0 unspecified atom stereocenters. The molecule has 0 aliphatic carbocycles. The van der Waals surface area contributed by atoms with Crippen LogP contribution in [0.2, 0.25) is 0 Å². The third-order valence-corrected chi connectivity index (χ3v) is 3.88. The standard InChI is InChI=1S/C12H17N5OS/c1-7(2)9-5-8(6-19-9)11(18)14-4-3-10-15-12(13)17-16-10/h5-7H,3-4H2,1-2H3,(H,14,18)(H3,13,15,16,17). The largest absolute Gasteiger partial charge is 0.367 e. The van der Waals surface area contributed by atoms with Gasteiger partial charge in [-0.1, -0.05) is 13.8 Å². The van der Waals surface area contributed by atoms with E-state index in [9.17, 15) is 4.79 Å². The molecule has 19 heavy (non-hydrogen) atoms. The summed E-state index contributed by atoms with van der Waals surface area (Å²) >= 11 is 1.61. The smallest absolute Gasteiger partial charge is 0.252 e. The van der Waals surface area contributed by atoms with Crippen LogP contribution in [0.4, 0.5) is 5.95 Å². The van der Waals surface area contributed by atoms with Crippen LogP contribution in [0, 0.1) is 0 Å². The van der Waals surface area contributed by atoms with Crippen molar-refractivity contribution in [2.75, 3.05) is 12.3 Å². The molecule has 2 aromatic heterocycles. The van der Waals surface area contributed by atoms with Crippen molar-refractivity contribution in [3.63, 3.8) is 0 Å². The minimum atomic E-state index is -0.0596. The van der Waals surface area contributed by atoms with Gasteiger partial charge in [0.05, 0.1) is 5.56 Å². The van der Waals surface area contributed by atoms with Crippen molar-refractivity contribution in [2.45, 2.75) is 26.2 Å². The lowest BCUT2D eigenvalue weighted by atomic mass is 10.1. The molecule has 2 heterocycles. The van der Waals surface area contributed by atoms with Gasteiger partial charge < -0.3 is 11.1 Å². The first-order valence-corrected chi connectivity index (χ1v) is 6.97. The van der Waals surface area contributed by atoms with Gasteiger partial charge in [0.25, 0.3) is 5.91 Å². The Morgan fingerprint density at radius 3 is 2.95 bits per heavy atom. The molecule has 0 fully saturated rings. The van der Waals surface area contributed by atoms with Crippen molar-refractivity contribution in [1.29, 1.82) is 0 Å². The number of nitrogens with zero attached hydrogens (tertiary/aromatic N) is 2. The lowest BCUT2D eigenvalue weighted by Crippen LogP contribution is -2.25. The predicted octanol–water partition coefficient (Wildman–Crippen LogP) is 1.54. The van der Waals surface area contributed by atoms with Crippen molar-refractivity contribution in [3.05, 3.63) is 27.7 Å². The minimum absolute atomic E-state index is 0.0596. The van der Waals surface area contributed by atoms with Crippen molar-refractivity contribution in [1.82, 2.24) is 20.5 Å². The fourth-order valence-electron chi connectivity index (χ4n) is 1.59. The van der Waals surface area contributed by atoms with E-state index < -0.39 is 0 Å². The molecule has 0 bridgehead atoms. The van der Waals surface area contributed by atoms with Gasteiger partial charge in [-0.05, 0) is 12.0 Å². The average Bonchev–Trinajstić information content (AvgIpc) is 2.98. The van der Waals surface area contributed by atoms with E-state index in [1.54, 1.807) is 11.3 Å². The molecule has 0 aliphatic rings. The topological polar surface area (TPSA) is 96.7 Å². The van der Waals surface area contributed by atoms with E-state index in [0.29, 0.717) is 30.3 Å². The second-order valence-electron chi connectivity index (χ2n) is 4.54. The summed E-state index contributed by atoms with van der Waals surface area (Å²) in [5.74, 6) is 1.28. The fourth-order valence-corrected chi connectivity index (χ4v) is 2.50. The molecule has 1 amide bonds. The molecule has 102 valence electrons. The number of H-pyrrole nitrogens is 1. The van der Waals surface area contributed by atoms with Gasteiger partial charge in [0, 0.05) is 23.2 Å². The zero-order chi connectivity index (χ0) is 13.8. The van der Waals surface area contributed by atoms with Gasteiger partial charge in [0.1, 0.15) is 5.82 Å². The zero-order valence-electron chi connectivity index (χ0n) is 10.9. The third-order valence-electron chi connectivity index (χ3n) is 2.65. The molecule has 0 saturated carbocycles. The van der Waals surface area contributed by atoms with E-state index in [0.717, 1.165) is 0 Å². The monoisotopic (exact) mass is 279 g/mol. The van der Waals surface area contributed by atoms with Crippen LogP contribution in [-0.4, -0.2) is 27.6 Å². The Balaban J connectivity index is 1.83. The fraction of sp³-hybridized carbons (Fsp3) is 0.417. The number of nitrogens with two attached hydrogens (primary N) is 1. The Morgan fingerprint density at radius 1 is 1.58 bits per heavy atom. The number of hydrogen-bond acceptors (Lipinski definition) is 5. The van der Waals surface area contributed by atoms with Crippen molar-refractivity contribution >= 4 is 23.2 Å². The molecule has 2 aromatic rings. The van der Waals surface area contributed by atoms with Crippen molar-refractivity contribution < 1.29 is 4.79 Å². The summed E-state index contributed by atoms with van der Waals surface area (Å²) in [4.78, 5) is 17.1. The highest BCUT2D eigenvalue weighted by Crippen LogP contribution is 2.22. The number of rotatable bonds is 5. The van der Waals surface area contributed by atoms with Crippen LogP contribution >= 0.6 is 11.3 Å². The molecule has 4 N–H and O–H groups in total. The Bertz CT molecular complexity index is 560. The number of carbonyl (C=O) groups excluding carboxylic acids is 1. The Labute approximate surface area is 115 Å². The van der Waals surface area contributed by atoms with Gasteiger partial charge in [-0.25, -0.2) is 0 Å². The maximum absolute atomic E-state index is 11.9. The van der Waals surface area contributed by atoms with E-state index in [1.807, 2.05) is 11.4 Å². The highest BCUT2D eigenvalue weighted by molar-refractivity contribution is 7.10. The second kappa shape index (κ2) is 5.83. The highest BCUT2D eigenvalue weighted by atomic mass is 32.1. The molecule has 0 spiro atoms. The Morgan fingerprint density at radius 2 is 2.37 bits per heavy atom. The summed E-state index contributed by atoms with van der Waals surface area (Å²) in [7, 11) is 0. The maximum Gasteiger partial charge on any atom is 0.252 e. The van der Waals surface area contributed by atoms with Crippen LogP contribution in [0.5, 0.6) is 0 Å². The minimum Gasteiger partial charge on any atom is -0.367 e. The van der Waals surface area contributed by atoms with Gasteiger partial charge >= 0.3 is 0 Å². The number of anilines is 1. The number of amides is 1. The van der Waals surface area contributed by atoms with Crippen molar-refractivity contribution in [3.8, 4) is 0 Å². The summed E-state index contributed by atoms with van der Waals surface area (Å²) in [5.41, 5.74) is 6.11. The maximum atomic E-state index is 11.9. The van der Waals surface area contributed by atoms with E-state index in [-0.39, 0.29) is 11.9 Å². The summed E-state index contributed by atoms with van der Waals surface area (Å²) < 4.78 is 0. The molecule has 7 heteroatoms. The summed E-state index contributed by atoms with van der Waals surface area (Å²) in [5, 5.41) is 11.2. The second-order valence-corrected chi connectivity index (χ2v) is 5.48. The highest BCUT2D eigenvalue weighted by Gasteiger charge is 2.10. The van der Waals surface area contributed by atoms with Gasteiger partial charge in [-0.15, -0.1) is 16.4 Å². The van der Waals surface area contributed by atoms with Crippen LogP contribution in [0.25, 0.3) is 0 Å². The summed E-state index contributed by atoms with van der Waals surface area (Å²) in [6, 6.07) is 1.94. The van der Waals surface area contributed by atoms with E-state index in [1.165, 1.54) is 4.88 Å². The number of carbonyl (C=O) groups is 1.